The lowest BCUT2D eigenvalue weighted by molar-refractivity contribution is -0.635. The molecule has 0 saturated heterocycles. The maximum absolute atomic E-state index is 9.72. The molecule has 16 heavy (non-hydrogen) atoms. The van der Waals surface area contributed by atoms with E-state index in [1.807, 2.05) is 6.92 Å². The van der Waals surface area contributed by atoms with Crippen LogP contribution in [0.15, 0.2) is 0 Å². The molecule has 0 bridgehead atoms. The van der Waals surface area contributed by atoms with Crippen molar-refractivity contribution in [1.29, 1.82) is 0 Å². The molecular weight excluding hydrogens is 223 g/mol. The molecule has 0 saturated carbocycles. The van der Waals surface area contributed by atoms with Crippen LogP contribution in [0.3, 0.4) is 0 Å². The second-order valence-corrected chi connectivity index (χ2v) is 4.93. The van der Waals surface area contributed by atoms with Gasteiger partial charge in [-0.1, -0.05) is 58.3 Å². The third-order valence-corrected chi connectivity index (χ3v) is 3.31. The smallest absolute Gasteiger partial charge is 0.145 e. The quantitative estimate of drug-likeness (QED) is 0.229. The Morgan fingerprint density at radius 2 is 1.56 bits per heavy atom. The summed E-state index contributed by atoms with van der Waals surface area (Å²) >= 11 is 0. The van der Waals surface area contributed by atoms with E-state index in [1.165, 1.54) is 51.4 Å². The topological polar surface area (TPSA) is 41.5 Å². The second-order valence-electron chi connectivity index (χ2n) is 4.36. The maximum atomic E-state index is 9.72. The first kappa shape index (κ1) is 16.3. The first-order chi connectivity index (χ1) is 7.81. The zero-order chi connectivity index (χ0) is 12.1. The Morgan fingerprint density at radius 1 is 1.00 bits per heavy atom. The lowest BCUT2D eigenvalue weighted by Crippen LogP contribution is -2.04. The fourth-order valence-corrected chi connectivity index (χ4v) is 2.05. The van der Waals surface area contributed by atoms with Crippen molar-refractivity contribution in [2.75, 3.05) is 0 Å². The molecule has 0 fully saturated rings. The van der Waals surface area contributed by atoms with Gasteiger partial charge in [-0.05, 0) is 13.3 Å². The van der Waals surface area contributed by atoms with Crippen molar-refractivity contribution in [3.8, 4) is 0 Å². The molecule has 0 aromatic rings. The summed E-state index contributed by atoms with van der Waals surface area (Å²) in [6.07, 6.45) is 11.8. The highest BCUT2D eigenvalue weighted by Gasteiger charge is 2.00. The molecule has 0 amide bonds. The Hall–Kier alpha value is 0.310. The largest absolute Gasteiger partial charge is 0.718 e. The molecule has 0 N–H and O–H groups in total. The summed E-state index contributed by atoms with van der Waals surface area (Å²) in [5, 5.41) is 9.72. The SMILES string of the molecule is CCCCCCCCCCC(C)OPO[O-]. The monoisotopic (exact) mass is 249 g/mol. The highest BCUT2D eigenvalue weighted by molar-refractivity contribution is 7.25. The molecule has 2 atom stereocenters. The summed E-state index contributed by atoms with van der Waals surface area (Å²) in [4.78, 5) is 0. The van der Waals surface area contributed by atoms with Crippen molar-refractivity contribution >= 4 is 9.03 Å². The molecule has 4 heteroatoms. The van der Waals surface area contributed by atoms with Gasteiger partial charge in [0, 0.05) is 0 Å². The van der Waals surface area contributed by atoms with Gasteiger partial charge in [0.05, 0.1) is 6.10 Å². The van der Waals surface area contributed by atoms with Gasteiger partial charge < -0.3 is 14.5 Å². The van der Waals surface area contributed by atoms with Crippen LogP contribution in [0.2, 0.25) is 0 Å². The Bertz CT molecular complexity index is 133. The molecule has 0 aromatic heterocycles. The van der Waals surface area contributed by atoms with Crippen LogP contribution in [0.25, 0.3) is 0 Å². The first-order valence-corrected chi connectivity index (χ1v) is 7.32. The van der Waals surface area contributed by atoms with E-state index < -0.39 is 0 Å². The van der Waals surface area contributed by atoms with Gasteiger partial charge in [0.15, 0.2) is 0 Å². The number of hydrogen-bond donors (Lipinski definition) is 0. The Kier molecular flexibility index (Phi) is 13.6. The average Bonchev–Trinajstić information content (AvgIpc) is 2.30. The van der Waals surface area contributed by atoms with Crippen LogP contribution >= 0.6 is 9.03 Å². The van der Waals surface area contributed by atoms with Crippen LogP contribution in [0.4, 0.5) is 0 Å². The van der Waals surface area contributed by atoms with E-state index in [9.17, 15) is 5.26 Å². The van der Waals surface area contributed by atoms with Crippen molar-refractivity contribution < 1.29 is 14.5 Å². The van der Waals surface area contributed by atoms with Gasteiger partial charge in [0.2, 0.25) is 0 Å². The van der Waals surface area contributed by atoms with Crippen LogP contribution in [0, 0.1) is 0 Å². The maximum Gasteiger partial charge on any atom is 0.145 e. The third kappa shape index (κ3) is 12.4. The van der Waals surface area contributed by atoms with E-state index in [1.54, 1.807) is 0 Å². The molecule has 2 unspecified atom stereocenters. The van der Waals surface area contributed by atoms with Crippen molar-refractivity contribution in [2.45, 2.75) is 77.7 Å². The normalized spacial score (nSPS) is 13.7. The Balaban J connectivity index is 3.02. The number of rotatable bonds is 12. The second kappa shape index (κ2) is 13.4. The average molecular weight is 249 g/mol. The van der Waals surface area contributed by atoms with E-state index in [0.717, 1.165) is 6.42 Å². The first-order valence-electron chi connectivity index (χ1n) is 6.50. The molecule has 0 radical (unpaired) electrons. The van der Waals surface area contributed by atoms with Crippen molar-refractivity contribution in [2.24, 2.45) is 0 Å². The van der Waals surface area contributed by atoms with Gasteiger partial charge in [-0.15, -0.1) is 0 Å². The fraction of sp³-hybridized carbons (Fsp3) is 1.00. The van der Waals surface area contributed by atoms with Crippen molar-refractivity contribution in [3.63, 3.8) is 0 Å². The molecule has 0 heterocycles. The zero-order valence-electron chi connectivity index (χ0n) is 10.7. The van der Waals surface area contributed by atoms with Gasteiger partial charge in [0.25, 0.3) is 0 Å². The third-order valence-electron chi connectivity index (χ3n) is 2.75. The summed E-state index contributed by atoms with van der Waals surface area (Å²) in [7, 11) is -0.348. The molecule has 0 aliphatic carbocycles. The van der Waals surface area contributed by atoms with Crippen molar-refractivity contribution in [1.82, 2.24) is 0 Å². The lowest BCUT2D eigenvalue weighted by atomic mass is 10.1. The van der Waals surface area contributed by atoms with Gasteiger partial charge in [0.1, 0.15) is 9.03 Å². The van der Waals surface area contributed by atoms with Gasteiger partial charge in [-0.3, -0.25) is 0 Å². The van der Waals surface area contributed by atoms with Crippen LogP contribution in [0.1, 0.15) is 71.6 Å². The van der Waals surface area contributed by atoms with E-state index in [-0.39, 0.29) is 15.1 Å². The predicted molar refractivity (Wildman–Crippen MR) is 67.2 cm³/mol. The van der Waals surface area contributed by atoms with E-state index >= 15 is 0 Å². The molecule has 0 aliphatic rings. The van der Waals surface area contributed by atoms with E-state index in [4.69, 9.17) is 4.52 Å². The Morgan fingerprint density at radius 3 is 2.12 bits per heavy atom. The highest BCUT2D eigenvalue weighted by Crippen LogP contribution is 2.18. The lowest BCUT2D eigenvalue weighted by Gasteiger charge is -2.13. The fourth-order valence-electron chi connectivity index (χ4n) is 1.73. The molecular formula is C12H26O3P-. The number of unbranched alkanes of at least 4 members (excludes halogenated alkanes) is 7. The predicted octanol–water partition coefficient (Wildman–Crippen LogP) is 3.72. The summed E-state index contributed by atoms with van der Waals surface area (Å²) in [5.74, 6) is 0. The van der Waals surface area contributed by atoms with Crippen LogP contribution < -0.4 is 5.26 Å². The minimum absolute atomic E-state index is 0.160. The van der Waals surface area contributed by atoms with Crippen LogP contribution in [0.5, 0.6) is 0 Å². The standard InChI is InChI=1S/C12H27O3P/c1-3-4-5-6-7-8-9-10-11-12(2)14-16-15-13/h12-13,16H,3-11H2,1-2H3/p-1. The summed E-state index contributed by atoms with van der Waals surface area (Å²) in [5.41, 5.74) is 0. The van der Waals surface area contributed by atoms with Crippen molar-refractivity contribution in [3.05, 3.63) is 0 Å². The molecule has 0 rings (SSSR count). The van der Waals surface area contributed by atoms with E-state index in [2.05, 4.69) is 11.6 Å². The minimum atomic E-state index is -0.348. The van der Waals surface area contributed by atoms with Gasteiger partial charge in [-0.25, -0.2) is 0 Å². The molecule has 98 valence electrons. The van der Waals surface area contributed by atoms with E-state index in [0.29, 0.717) is 0 Å². The number of hydrogen-bond acceptors (Lipinski definition) is 3. The molecule has 0 spiro atoms. The summed E-state index contributed by atoms with van der Waals surface area (Å²) < 4.78 is 8.79. The zero-order valence-corrected chi connectivity index (χ0v) is 11.7. The van der Waals surface area contributed by atoms with Crippen LogP contribution in [-0.4, -0.2) is 6.10 Å². The molecule has 0 aliphatic heterocycles. The molecule has 3 nitrogen and oxygen atoms in total. The Labute approximate surface area is 102 Å². The minimum Gasteiger partial charge on any atom is -0.718 e. The highest BCUT2D eigenvalue weighted by atomic mass is 31.1. The summed E-state index contributed by atoms with van der Waals surface area (Å²) in [6.45, 7) is 4.24. The molecule has 0 aromatic carbocycles. The van der Waals surface area contributed by atoms with Gasteiger partial charge in [-0.2, -0.15) is 0 Å². The van der Waals surface area contributed by atoms with Gasteiger partial charge >= 0.3 is 0 Å². The summed E-state index contributed by atoms with van der Waals surface area (Å²) in [6, 6.07) is 0. The van der Waals surface area contributed by atoms with Crippen LogP contribution in [-0.2, 0) is 9.20 Å².